The Morgan fingerprint density at radius 3 is 2.62 bits per heavy atom. The lowest BCUT2D eigenvalue weighted by Crippen LogP contribution is -2.41. The molecule has 2 nitrogen and oxygen atoms in total. The van der Waals surface area contributed by atoms with E-state index in [1.54, 1.807) is 0 Å². The van der Waals surface area contributed by atoms with Crippen LogP contribution in [0, 0.1) is 17.0 Å². The molecule has 0 radical (unpaired) electrons. The summed E-state index contributed by atoms with van der Waals surface area (Å²) in [7, 11) is 0. The van der Waals surface area contributed by atoms with E-state index in [1.165, 1.54) is 6.07 Å². The van der Waals surface area contributed by atoms with Crippen molar-refractivity contribution in [2.45, 2.75) is 26.9 Å². The third kappa shape index (κ3) is 1.96. The molecule has 2 rings (SSSR count). The topological polar surface area (TPSA) is 21.3 Å². The molecular weight excluding hydrogens is 212 g/mol. The number of fused-ring (bicyclic) bond motifs is 1. The highest BCUT2D eigenvalue weighted by Gasteiger charge is 2.31. The third-order valence-corrected chi connectivity index (χ3v) is 2.72. The Morgan fingerprint density at radius 2 is 2.00 bits per heavy atom. The minimum atomic E-state index is -0.618. The van der Waals surface area contributed by atoms with Gasteiger partial charge in [-0.25, -0.2) is 8.78 Å². The minimum Gasteiger partial charge on any atom is -0.486 e. The van der Waals surface area contributed by atoms with E-state index in [0.717, 1.165) is 6.07 Å². The predicted molar refractivity (Wildman–Crippen MR) is 58.7 cm³/mol. The van der Waals surface area contributed by atoms with Crippen molar-refractivity contribution in [1.29, 1.82) is 0 Å². The zero-order valence-corrected chi connectivity index (χ0v) is 9.60. The van der Waals surface area contributed by atoms with Crippen molar-refractivity contribution >= 4 is 5.69 Å². The van der Waals surface area contributed by atoms with Crippen LogP contribution in [0.3, 0.4) is 0 Å². The average Bonchev–Trinajstić information content (AvgIpc) is 2.15. The maximum Gasteiger partial charge on any atom is 0.153 e. The van der Waals surface area contributed by atoms with Crippen molar-refractivity contribution in [3.8, 4) is 5.75 Å². The number of hydrogen-bond donors (Lipinski definition) is 1. The van der Waals surface area contributed by atoms with E-state index in [2.05, 4.69) is 5.32 Å². The van der Waals surface area contributed by atoms with Crippen LogP contribution in [0.1, 0.15) is 20.8 Å². The van der Waals surface area contributed by atoms with E-state index in [1.807, 2.05) is 20.8 Å². The molecule has 4 heteroatoms. The normalized spacial score (nSPS) is 19.7. The van der Waals surface area contributed by atoms with Gasteiger partial charge in [-0.05, 0) is 0 Å². The molecule has 0 aliphatic carbocycles. The second kappa shape index (κ2) is 3.61. The molecule has 1 aromatic rings. The molecule has 1 aromatic carbocycles. The van der Waals surface area contributed by atoms with Crippen LogP contribution in [0.25, 0.3) is 0 Å². The zero-order valence-electron chi connectivity index (χ0n) is 9.60. The Bertz CT molecular complexity index is 412. The largest absolute Gasteiger partial charge is 0.486 e. The van der Waals surface area contributed by atoms with Crippen LogP contribution in [-0.2, 0) is 0 Å². The molecule has 0 fully saturated rings. The van der Waals surface area contributed by atoms with E-state index in [9.17, 15) is 8.78 Å². The average molecular weight is 227 g/mol. The highest BCUT2D eigenvalue weighted by atomic mass is 19.1. The Kier molecular flexibility index (Phi) is 2.52. The number of anilines is 1. The second-order valence-corrected chi connectivity index (χ2v) is 5.11. The first-order valence-electron chi connectivity index (χ1n) is 5.27. The summed E-state index contributed by atoms with van der Waals surface area (Å²) in [6.07, 6.45) is -0.0961. The lowest BCUT2D eigenvalue weighted by Gasteiger charge is -2.35. The molecule has 0 saturated heterocycles. The zero-order chi connectivity index (χ0) is 11.9. The summed E-state index contributed by atoms with van der Waals surface area (Å²) in [4.78, 5) is 0. The predicted octanol–water partition coefficient (Wildman–Crippen LogP) is 3.18. The van der Waals surface area contributed by atoms with Gasteiger partial charge in [-0.15, -0.1) is 0 Å². The van der Waals surface area contributed by atoms with Gasteiger partial charge >= 0.3 is 0 Å². The number of benzene rings is 1. The first-order valence-corrected chi connectivity index (χ1v) is 5.27. The second-order valence-electron chi connectivity index (χ2n) is 5.11. The third-order valence-electron chi connectivity index (χ3n) is 2.72. The van der Waals surface area contributed by atoms with Crippen LogP contribution >= 0.6 is 0 Å². The fraction of sp³-hybridized carbons (Fsp3) is 0.500. The summed E-state index contributed by atoms with van der Waals surface area (Å²) in [6.45, 7) is 6.61. The molecule has 1 unspecified atom stereocenters. The summed E-state index contributed by atoms with van der Waals surface area (Å²) >= 11 is 0. The Labute approximate surface area is 93.6 Å². The molecule has 1 heterocycles. The van der Waals surface area contributed by atoms with Gasteiger partial charge in [-0.3, -0.25) is 0 Å². The first kappa shape index (κ1) is 11.2. The van der Waals surface area contributed by atoms with Crippen molar-refractivity contribution in [1.82, 2.24) is 0 Å². The lowest BCUT2D eigenvalue weighted by molar-refractivity contribution is 0.0912. The molecule has 1 aliphatic rings. The summed E-state index contributed by atoms with van der Waals surface area (Å²) in [5, 5.41) is 2.95. The van der Waals surface area contributed by atoms with E-state index in [0.29, 0.717) is 6.54 Å². The summed E-state index contributed by atoms with van der Waals surface area (Å²) in [5.41, 5.74) is 0.176. The molecule has 0 saturated carbocycles. The summed E-state index contributed by atoms with van der Waals surface area (Å²) in [6, 6.07) is 2.07. The van der Waals surface area contributed by atoms with Gasteiger partial charge in [-0.1, -0.05) is 20.8 Å². The van der Waals surface area contributed by atoms with Crippen molar-refractivity contribution in [3.63, 3.8) is 0 Å². The number of nitrogens with one attached hydrogen (secondary N) is 1. The Morgan fingerprint density at radius 1 is 1.31 bits per heavy atom. The SMILES string of the molecule is CC(C)(C)C1CNc2c(F)cc(F)cc2O1. The van der Waals surface area contributed by atoms with Gasteiger partial charge in [0.2, 0.25) is 0 Å². The first-order chi connectivity index (χ1) is 7.38. The molecule has 0 spiro atoms. The van der Waals surface area contributed by atoms with Crippen LogP contribution in [0.15, 0.2) is 12.1 Å². The van der Waals surface area contributed by atoms with Crippen LogP contribution in [0.2, 0.25) is 0 Å². The molecule has 1 N–H and O–H groups in total. The van der Waals surface area contributed by atoms with Crippen molar-refractivity contribution in [2.75, 3.05) is 11.9 Å². The molecule has 0 aromatic heterocycles. The van der Waals surface area contributed by atoms with E-state index in [4.69, 9.17) is 4.74 Å². The fourth-order valence-electron chi connectivity index (χ4n) is 1.69. The molecule has 0 amide bonds. The van der Waals surface area contributed by atoms with Crippen LogP contribution in [0.4, 0.5) is 14.5 Å². The van der Waals surface area contributed by atoms with E-state index < -0.39 is 11.6 Å². The standard InChI is InChI=1S/C12H15F2NO/c1-12(2,3)10-6-15-11-8(14)4-7(13)5-9(11)16-10/h4-5,10,15H,6H2,1-3H3. The molecule has 16 heavy (non-hydrogen) atoms. The van der Waals surface area contributed by atoms with Crippen molar-refractivity contribution < 1.29 is 13.5 Å². The smallest absolute Gasteiger partial charge is 0.153 e. The highest BCUT2D eigenvalue weighted by Crippen LogP contribution is 2.36. The monoisotopic (exact) mass is 227 g/mol. The maximum absolute atomic E-state index is 13.4. The van der Waals surface area contributed by atoms with Crippen molar-refractivity contribution in [2.24, 2.45) is 5.41 Å². The van der Waals surface area contributed by atoms with E-state index >= 15 is 0 Å². The van der Waals surface area contributed by atoms with Gasteiger partial charge < -0.3 is 10.1 Å². The Hall–Kier alpha value is -1.32. The van der Waals surface area contributed by atoms with E-state index in [-0.39, 0.29) is 23.0 Å². The minimum absolute atomic E-state index is 0.0759. The van der Waals surface area contributed by atoms with Gasteiger partial charge in [0.15, 0.2) is 5.82 Å². The van der Waals surface area contributed by atoms with Crippen LogP contribution in [-0.4, -0.2) is 12.6 Å². The molecule has 88 valence electrons. The van der Waals surface area contributed by atoms with Gasteiger partial charge in [0.05, 0.1) is 6.54 Å². The van der Waals surface area contributed by atoms with Gasteiger partial charge in [0.1, 0.15) is 23.4 Å². The number of rotatable bonds is 0. The summed E-state index contributed by atoms with van der Waals surface area (Å²) < 4.78 is 32.0. The molecular formula is C12H15F2NO. The molecule has 0 bridgehead atoms. The van der Waals surface area contributed by atoms with Crippen LogP contribution in [0.5, 0.6) is 5.75 Å². The van der Waals surface area contributed by atoms with Crippen molar-refractivity contribution in [3.05, 3.63) is 23.8 Å². The Balaban J connectivity index is 2.34. The van der Waals surface area contributed by atoms with Gasteiger partial charge in [0, 0.05) is 17.5 Å². The molecule has 1 atom stereocenters. The molecule has 1 aliphatic heterocycles. The summed E-state index contributed by atoms with van der Waals surface area (Å²) in [5.74, 6) is -0.973. The lowest BCUT2D eigenvalue weighted by atomic mass is 9.88. The maximum atomic E-state index is 13.4. The van der Waals surface area contributed by atoms with Crippen LogP contribution < -0.4 is 10.1 Å². The number of halogens is 2. The number of ether oxygens (including phenoxy) is 1. The van der Waals surface area contributed by atoms with Gasteiger partial charge in [0.25, 0.3) is 0 Å². The quantitative estimate of drug-likeness (QED) is 0.735. The number of hydrogen-bond acceptors (Lipinski definition) is 2. The van der Waals surface area contributed by atoms with Gasteiger partial charge in [-0.2, -0.15) is 0 Å². The highest BCUT2D eigenvalue weighted by molar-refractivity contribution is 5.59. The fourth-order valence-corrected chi connectivity index (χ4v) is 1.69.